The van der Waals surface area contributed by atoms with E-state index in [1.807, 2.05) is 10.6 Å². The smallest absolute Gasteiger partial charge is 0.251 e. The van der Waals surface area contributed by atoms with Crippen molar-refractivity contribution < 1.29 is 0 Å². The Morgan fingerprint density at radius 3 is 2.44 bits per heavy atom. The number of fused-ring (bicyclic) bond motifs is 1. The van der Waals surface area contributed by atoms with E-state index in [0.29, 0.717) is 6.04 Å². The SMILES string of the molecule is Cc1ccc2ccc(=O)n(C3CCN(Cc4ccccc4)CC3)c2c1. The van der Waals surface area contributed by atoms with Crippen LogP contribution in [0.25, 0.3) is 10.9 Å². The van der Waals surface area contributed by atoms with Gasteiger partial charge in [-0.15, -0.1) is 0 Å². The fraction of sp³-hybridized carbons (Fsp3) is 0.318. The molecule has 1 aromatic heterocycles. The van der Waals surface area contributed by atoms with Gasteiger partial charge in [0.2, 0.25) is 0 Å². The highest BCUT2D eigenvalue weighted by Crippen LogP contribution is 2.26. The molecule has 128 valence electrons. The molecule has 0 N–H and O–H groups in total. The highest BCUT2D eigenvalue weighted by atomic mass is 16.1. The largest absolute Gasteiger partial charge is 0.305 e. The number of nitrogens with zero attached hydrogens (tertiary/aromatic N) is 2. The summed E-state index contributed by atoms with van der Waals surface area (Å²) < 4.78 is 2.03. The van der Waals surface area contributed by atoms with Crippen LogP contribution in [-0.4, -0.2) is 22.6 Å². The van der Waals surface area contributed by atoms with Gasteiger partial charge in [0.1, 0.15) is 0 Å². The number of hydrogen-bond acceptors (Lipinski definition) is 2. The Labute approximate surface area is 148 Å². The molecule has 2 aromatic carbocycles. The van der Waals surface area contributed by atoms with Crippen molar-refractivity contribution in [2.45, 2.75) is 32.4 Å². The topological polar surface area (TPSA) is 25.2 Å². The van der Waals surface area contributed by atoms with Crippen LogP contribution in [0.15, 0.2) is 65.5 Å². The average Bonchev–Trinajstić information content (AvgIpc) is 2.63. The lowest BCUT2D eigenvalue weighted by atomic mass is 10.0. The Balaban J connectivity index is 1.55. The zero-order chi connectivity index (χ0) is 17.2. The molecule has 2 heterocycles. The number of piperidine rings is 1. The number of benzene rings is 2. The summed E-state index contributed by atoms with van der Waals surface area (Å²) in [7, 11) is 0. The van der Waals surface area contributed by atoms with Gasteiger partial charge >= 0.3 is 0 Å². The zero-order valence-corrected chi connectivity index (χ0v) is 14.7. The summed E-state index contributed by atoms with van der Waals surface area (Å²) >= 11 is 0. The highest BCUT2D eigenvalue weighted by molar-refractivity contribution is 5.79. The summed E-state index contributed by atoms with van der Waals surface area (Å²) in [5.41, 5.74) is 3.76. The van der Waals surface area contributed by atoms with Gasteiger partial charge in [0.05, 0.1) is 5.52 Å². The van der Waals surface area contributed by atoms with E-state index in [1.165, 1.54) is 11.1 Å². The second-order valence-corrected chi connectivity index (χ2v) is 7.10. The standard InChI is InChI=1S/C22H24N2O/c1-17-7-8-19-9-10-22(25)24(21(19)15-17)20-11-13-23(14-12-20)16-18-5-3-2-4-6-18/h2-10,15,20H,11-14,16H2,1H3. The molecule has 0 spiro atoms. The lowest BCUT2D eigenvalue weighted by Crippen LogP contribution is -2.37. The molecule has 1 fully saturated rings. The maximum absolute atomic E-state index is 12.6. The van der Waals surface area contributed by atoms with E-state index < -0.39 is 0 Å². The van der Waals surface area contributed by atoms with Gasteiger partial charge in [-0.05, 0) is 48.4 Å². The third-order valence-corrected chi connectivity index (χ3v) is 5.26. The number of hydrogen-bond donors (Lipinski definition) is 0. The Kier molecular flexibility index (Phi) is 4.41. The van der Waals surface area contributed by atoms with Crippen molar-refractivity contribution in [2.75, 3.05) is 13.1 Å². The normalized spacial score (nSPS) is 16.4. The molecule has 0 radical (unpaired) electrons. The second kappa shape index (κ2) is 6.85. The highest BCUT2D eigenvalue weighted by Gasteiger charge is 2.22. The van der Waals surface area contributed by atoms with Crippen LogP contribution in [0.3, 0.4) is 0 Å². The molecule has 25 heavy (non-hydrogen) atoms. The van der Waals surface area contributed by atoms with Crippen molar-refractivity contribution >= 4 is 10.9 Å². The molecular weight excluding hydrogens is 308 g/mol. The van der Waals surface area contributed by atoms with E-state index in [2.05, 4.69) is 60.4 Å². The number of aromatic nitrogens is 1. The first-order valence-corrected chi connectivity index (χ1v) is 9.09. The Morgan fingerprint density at radius 2 is 1.68 bits per heavy atom. The molecule has 3 nitrogen and oxygen atoms in total. The minimum absolute atomic E-state index is 0.125. The van der Waals surface area contributed by atoms with Crippen LogP contribution in [-0.2, 0) is 6.54 Å². The maximum Gasteiger partial charge on any atom is 0.251 e. The van der Waals surface area contributed by atoms with E-state index in [1.54, 1.807) is 6.07 Å². The fourth-order valence-corrected chi connectivity index (χ4v) is 3.92. The quantitative estimate of drug-likeness (QED) is 0.720. The zero-order valence-electron chi connectivity index (χ0n) is 14.7. The monoisotopic (exact) mass is 332 g/mol. The minimum atomic E-state index is 0.125. The molecule has 4 rings (SSSR count). The lowest BCUT2D eigenvalue weighted by Gasteiger charge is -2.33. The summed E-state index contributed by atoms with van der Waals surface area (Å²) in [6.45, 7) is 5.16. The third kappa shape index (κ3) is 3.38. The van der Waals surface area contributed by atoms with Gasteiger partial charge in [-0.25, -0.2) is 0 Å². The first kappa shape index (κ1) is 16.1. The first-order chi connectivity index (χ1) is 12.2. The Morgan fingerprint density at radius 1 is 0.960 bits per heavy atom. The maximum atomic E-state index is 12.6. The molecule has 0 aliphatic carbocycles. The van der Waals surface area contributed by atoms with Gasteiger partial charge in [-0.1, -0.05) is 42.5 Å². The van der Waals surface area contributed by atoms with Crippen molar-refractivity contribution in [3.8, 4) is 0 Å². The number of likely N-dealkylation sites (tertiary alicyclic amines) is 1. The first-order valence-electron chi connectivity index (χ1n) is 9.09. The predicted molar refractivity (Wildman–Crippen MR) is 103 cm³/mol. The van der Waals surface area contributed by atoms with E-state index in [0.717, 1.165) is 43.4 Å². The molecule has 0 unspecified atom stereocenters. The van der Waals surface area contributed by atoms with E-state index in [-0.39, 0.29) is 5.56 Å². The fourth-order valence-electron chi connectivity index (χ4n) is 3.92. The molecule has 1 aliphatic heterocycles. The lowest BCUT2D eigenvalue weighted by molar-refractivity contribution is 0.180. The molecule has 3 aromatic rings. The van der Waals surface area contributed by atoms with Gasteiger partial charge in [0, 0.05) is 31.7 Å². The van der Waals surface area contributed by atoms with Gasteiger partial charge in [0.15, 0.2) is 0 Å². The second-order valence-electron chi connectivity index (χ2n) is 7.10. The van der Waals surface area contributed by atoms with Crippen molar-refractivity contribution in [1.82, 2.24) is 9.47 Å². The van der Waals surface area contributed by atoms with Gasteiger partial charge < -0.3 is 4.57 Å². The molecule has 0 saturated carbocycles. The molecular formula is C22H24N2O. The van der Waals surface area contributed by atoms with Crippen molar-refractivity contribution in [1.29, 1.82) is 0 Å². The van der Waals surface area contributed by atoms with Crippen LogP contribution in [0.4, 0.5) is 0 Å². The summed E-state index contributed by atoms with van der Waals surface area (Å²) in [5, 5.41) is 1.15. The Bertz CT molecular complexity index is 922. The number of pyridine rings is 1. The molecule has 1 aliphatic rings. The Hall–Kier alpha value is -2.39. The molecule has 1 saturated heterocycles. The third-order valence-electron chi connectivity index (χ3n) is 5.26. The van der Waals surface area contributed by atoms with Gasteiger partial charge in [-0.2, -0.15) is 0 Å². The molecule has 3 heteroatoms. The predicted octanol–water partition coefficient (Wildman–Crippen LogP) is 4.15. The average molecular weight is 332 g/mol. The van der Waals surface area contributed by atoms with E-state index >= 15 is 0 Å². The molecule has 0 bridgehead atoms. The number of aryl methyl sites for hydroxylation is 1. The minimum Gasteiger partial charge on any atom is -0.305 e. The van der Waals surface area contributed by atoms with Crippen LogP contribution >= 0.6 is 0 Å². The van der Waals surface area contributed by atoms with Crippen molar-refractivity contribution in [3.05, 3.63) is 82.1 Å². The summed E-state index contributed by atoms with van der Waals surface area (Å²) in [4.78, 5) is 15.1. The summed E-state index contributed by atoms with van der Waals surface area (Å²) in [6.07, 6.45) is 2.06. The van der Waals surface area contributed by atoms with Crippen LogP contribution in [0, 0.1) is 6.92 Å². The van der Waals surface area contributed by atoms with Gasteiger partial charge in [-0.3, -0.25) is 9.69 Å². The molecule has 0 atom stereocenters. The number of rotatable bonds is 3. The van der Waals surface area contributed by atoms with Gasteiger partial charge in [0.25, 0.3) is 5.56 Å². The van der Waals surface area contributed by atoms with Crippen molar-refractivity contribution in [2.24, 2.45) is 0 Å². The van der Waals surface area contributed by atoms with Crippen LogP contribution in [0.2, 0.25) is 0 Å². The summed E-state index contributed by atoms with van der Waals surface area (Å²) in [6, 6.07) is 21.0. The van der Waals surface area contributed by atoms with E-state index in [4.69, 9.17) is 0 Å². The molecule has 0 amide bonds. The van der Waals surface area contributed by atoms with Crippen LogP contribution in [0.1, 0.15) is 30.0 Å². The van der Waals surface area contributed by atoms with E-state index in [9.17, 15) is 4.79 Å². The van der Waals surface area contributed by atoms with Crippen molar-refractivity contribution in [3.63, 3.8) is 0 Å². The van der Waals surface area contributed by atoms with Crippen LogP contribution < -0.4 is 5.56 Å². The van der Waals surface area contributed by atoms with Crippen LogP contribution in [0.5, 0.6) is 0 Å². The summed E-state index contributed by atoms with van der Waals surface area (Å²) in [5.74, 6) is 0.